The first-order valence-electron chi connectivity index (χ1n) is 7.91. The van der Waals surface area contributed by atoms with E-state index in [1.54, 1.807) is 0 Å². The minimum Gasteiger partial charge on any atom is -0.315 e. The summed E-state index contributed by atoms with van der Waals surface area (Å²) in [6, 6.07) is 13.2. The van der Waals surface area contributed by atoms with Crippen LogP contribution in [0, 0.1) is 0 Å². The van der Waals surface area contributed by atoms with Gasteiger partial charge in [0.1, 0.15) is 0 Å². The van der Waals surface area contributed by atoms with Crippen LogP contribution < -0.4 is 5.32 Å². The zero-order valence-electron chi connectivity index (χ0n) is 12.6. The Morgan fingerprint density at radius 1 is 1.23 bits per heavy atom. The van der Waals surface area contributed by atoms with E-state index in [0.717, 1.165) is 29.9 Å². The molecule has 110 valence electrons. The quantitative estimate of drug-likeness (QED) is 0.749. The van der Waals surface area contributed by atoms with E-state index in [1.165, 1.54) is 17.5 Å². The van der Waals surface area contributed by atoms with Gasteiger partial charge in [0.05, 0.1) is 17.3 Å². The third kappa shape index (κ3) is 1.56. The molecule has 0 radical (unpaired) electrons. The fourth-order valence-electron chi connectivity index (χ4n) is 3.99. The molecule has 1 N–H and O–H groups in total. The van der Waals surface area contributed by atoms with Crippen LogP contribution in [0.4, 0.5) is 0 Å². The molecule has 0 amide bonds. The van der Waals surface area contributed by atoms with Crippen LogP contribution in [0.2, 0.25) is 0 Å². The lowest BCUT2D eigenvalue weighted by Gasteiger charge is -2.38. The summed E-state index contributed by atoms with van der Waals surface area (Å²) in [6.45, 7) is 4.43. The zero-order chi connectivity index (χ0) is 14.7. The number of hydrogen-bond acceptors (Lipinski definition) is 3. The summed E-state index contributed by atoms with van der Waals surface area (Å²) in [5.41, 5.74) is 4.89. The highest BCUT2D eigenvalue weighted by Gasteiger charge is 2.48. The van der Waals surface area contributed by atoms with Crippen molar-refractivity contribution in [3.63, 3.8) is 0 Å². The first kappa shape index (κ1) is 12.4. The number of para-hydroxylation sites is 1. The highest BCUT2D eigenvalue weighted by atomic mass is 15.3. The number of aromatic nitrogens is 3. The standard InChI is InChI=1S/C18H18N4/c1-12-8-18(10-19-11-18)17-7-16(21-22(12)17)14-6-13-4-2-3-5-15(13)20-9-14/h2-7,9,12,19H,8,10-11H2,1H3. The molecule has 4 nitrogen and oxygen atoms in total. The maximum Gasteiger partial charge on any atom is 0.0942 e. The van der Waals surface area contributed by atoms with Crippen LogP contribution in [0.3, 0.4) is 0 Å². The van der Waals surface area contributed by atoms with Crippen molar-refractivity contribution in [1.82, 2.24) is 20.1 Å². The van der Waals surface area contributed by atoms with E-state index >= 15 is 0 Å². The van der Waals surface area contributed by atoms with Gasteiger partial charge in [-0.15, -0.1) is 0 Å². The number of hydrogen-bond donors (Lipinski definition) is 1. The Morgan fingerprint density at radius 2 is 2.09 bits per heavy atom. The van der Waals surface area contributed by atoms with Crippen LogP contribution >= 0.6 is 0 Å². The summed E-state index contributed by atoms with van der Waals surface area (Å²) in [6.07, 6.45) is 3.15. The van der Waals surface area contributed by atoms with Crippen LogP contribution in [-0.4, -0.2) is 27.9 Å². The van der Waals surface area contributed by atoms with Gasteiger partial charge < -0.3 is 5.32 Å². The average molecular weight is 290 g/mol. The van der Waals surface area contributed by atoms with E-state index in [9.17, 15) is 0 Å². The Hall–Kier alpha value is -2.20. The van der Waals surface area contributed by atoms with E-state index in [1.807, 2.05) is 18.3 Å². The van der Waals surface area contributed by atoms with E-state index in [-0.39, 0.29) is 0 Å². The fraction of sp³-hybridized carbons (Fsp3) is 0.333. The Kier molecular flexibility index (Phi) is 2.34. The molecule has 1 saturated heterocycles. The van der Waals surface area contributed by atoms with Gasteiger partial charge in [0.15, 0.2) is 0 Å². The second kappa shape index (κ2) is 4.17. The van der Waals surface area contributed by atoms with Crippen LogP contribution in [-0.2, 0) is 5.41 Å². The number of nitrogens with one attached hydrogen (secondary N) is 1. The average Bonchev–Trinajstić information content (AvgIpc) is 3.05. The van der Waals surface area contributed by atoms with Crippen LogP contribution in [0.15, 0.2) is 42.6 Å². The van der Waals surface area contributed by atoms with Gasteiger partial charge in [-0.25, -0.2) is 0 Å². The third-order valence-electron chi connectivity index (χ3n) is 5.20. The van der Waals surface area contributed by atoms with Crippen LogP contribution in [0.5, 0.6) is 0 Å². The van der Waals surface area contributed by atoms with Crippen molar-refractivity contribution in [3.05, 3.63) is 48.3 Å². The molecular formula is C18H18N4. The van der Waals surface area contributed by atoms with Crippen molar-refractivity contribution in [2.24, 2.45) is 0 Å². The molecule has 2 aliphatic rings. The lowest BCUT2D eigenvalue weighted by atomic mass is 9.76. The van der Waals surface area contributed by atoms with Crippen molar-refractivity contribution in [3.8, 4) is 11.3 Å². The molecule has 1 atom stereocenters. The van der Waals surface area contributed by atoms with Gasteiger partial charge >= 0.3 is 0 Å². The van der Waals surface area contributed by atoms with Crippen molar-refractivity contribution < 1.29 is 0 Å². The van der Waals surface area contributed by atoms with Gasteiger partial charge in [-0.05, 0) is 31.5 Å². The summed E-state index contributed by atoms with van der Waals surface area (Å²) in [5.74, 6) is 0. The molecule has 0 bridgehead atoms. The third-order valence-corrected chi connectivity index (χ3v) is 5.20. The molecule has 1 unspecified atom stereocenters. The predicted octanol–water partition coefficient (Wildman–Crippen LogP) is 2.90. The second-order valence-corrected chi connectivity index (χ2v) is 6.71. The SMILES string of the molecule is CC1CC2(CNC2)c2cc(-c3cnc4ccccc4c3)nn21. The van der Waals surface area contributed by atoms with E-state index in [0.29, 0.717) is 11.5 Å². The molecule has 1 fully saturated rings. The van der Waals surface area contributed by atoms with Gasteiger partial charge in [-0.3, -0.25) is 9.67 Å². The molecule has 4 heterocycles. The lowest BCUT2D eigenvalue weighted by molar-refractivity contribution is 0.266. The summed E-state index contributed by atoms with van der Waals surface area (Å²) < 4.78 is 2.23. The van der Waals surface area contributed by atoms with Gasteiger partial charge in [0.2, 0.25) is 0 Å². The fourth-order valence-corrected chi connectivity index (χ4v) is 3.99. The number of fused-ring (bicyclic) bond motifs is 3. The highest BCUT2D eigenvalue weighted by molar-refractivity contribution is 5.82. The smallest absolute Gasteiger partial charge is 0.0942 e. The predicted molar refractivity (Wildman–Crippen MR) is 86.8 cm³/mol. The summed E-state index contributed by atoms with van der Waals surface area (Å²) in [7, 11) is 0. The zero-order valence-corrected chi connectivity index (χ0v) is 12.6. The topological polar surface area (TPSA) is 42.7 Å². The number of pyridine rings is 1. The normalized spacial score (nSPS) is 22.0. The molecule has 22 heavy (non-hydrogen) atoms. The second-order valence-electron chi connectivity index (χ2n) is 6.71. The highest BCUT2D eigenvalue weighted by Crippen LogP contribution is 2.44. The Bertz CT molecular complexity index is 876. The monoisotopic (exact) mass is 290 g/mol. The molecule has 4 heteroatoms. The maximum atomic E-state index is 4.88. The maximum absolute atomic E-state index is 4.88. The minimum atomic E-state index is 0.314. The van der Waals surface area contributed by atoms with Gasteiger partial charge in [0.25, 0.3) is 0 Å². The van der Waals surface area contributed by atoms with Gasteiger partial charge in [-0.2, -0.15) is 5.10 Å². The molecule has 5 rings (SSSR count). The molecule has 3 aromatic rings. The Labute approximate surface area is 129 Å². The largest absolute Gasteiger partial charge is 0.315 e. The molecule has 1 spiro atoms. The van der Waals surface area contributed by atoms with Gasteiger partial charge in [-0.1, -0.05) is 18.2 Å². The summed E-state index contributed by atoms with van der Waals surface area (Å²) in [5, 5.41) is 9.47. The van der Waals surface area contributed by atoms with Crippen molar-refractivity contribution in [2.45, 2.75) is 24.8 Å². The molecule has 2 aliphatic heterocycles. The Balaban J connectivity index is 1.63. The van der Waals surface area contributed by atoms with E-state index in [4.69, 9.17) is 5.10 Å². The van der Waals surface area contributed by atoms with E-state index < -0.39 is 0 Å². The number of nitrogens with zero attached hydrogens (tertiary/aromatic N) is 3. The van der Waals surface area contributed by atoms with Crippen molar-refractivity contribution in [2.75, 3.05) is 13.1 Å². The molecule has 2 aromatic heterocycles. The summed E-state index contributed by atoms with van der Waals surface area (Å²) >= 11 is 0. The minimum absolute atomic E-state index is 0.314. The Morgan fingerprint density at radius 3 is 2.91 bits per heavy atom. The lowest BCUT2D eigenvalue weighted by Crippen LogP contribution is -2.55. The first-order chi connectivity index (χ1) is 10.8. The molecular weight excluding hydrogens is 272 g/mol. The molecule has 1 aromatic carbocycles. The molecule has 0 saturated carbocycles. The summed E-state index contributed by atoms with van der Waals surface area (Å²) in [4.78, 5) is 4.57. The van der Waals surface area contributed by atoms with Crippen molar-refractivity contribution >= 4 is 10.9 Å². The van der Waals surface area contributed by atoms with Crippen LogP contribution in [0.25, 0.3) is 22.2 Å². The van der Waals surface area contributed by atoms with Gasteiger partial charge in [0, 0.05) is 41.3 Å². The number of benzene rings is 1. The molecule has 0 aliphatic carbocycles. The van der Waals surface area contributed by atoms with E-state index in [2.05, 4.69) is 46.2 Å². The van der Waals surface area contributed by atoms with Crippen molar-refractivity contribution in [1.29, 1.82) is 0 Å². The van der Waals surface area contributed by atoms with Crippen LogP contribution in [0.1, 0.15) is 25.1 Å². The first-order valence-corrected chi connectivity index (χ1v) is 7.91. The number of rotatable bonds is 1.